The van der Waals surface area contributed by atoms with Crippen molar-refractivity contribution in [2.24, 2.45) is 16.6 Å². The number of rotatable bonds is 6. The number of hydrogen-bond acceptors (Lipinski definition) is 3. The van der Waals surface area contributed by atoms with Crippen LogP contribution in [0.3, 0.4) is 0 Å². The van der Waals surface area contributed by atoms with Crippen LogP contribution in [0.5, 0.6) is 11.5 Å². The minimum atomic E-state index is -0.437. The summed E-state index contributed by atoms with van der Waals surface area (Å²) < 4.78 is 19.6. The summed E-state index contributed by atoms with van der Waals surface area (Å²) in [5.74, 6) is 1.32. The number of aromatic nitrogens is 1. The second-order valence-corrected chi connectivity index (χ2v) is 5.93. The van der Waals surface area contributed by atoms with Crippen molar-refractivity contribution in [1.82, 2.24) is 10.3 Å². The molecular weight excluding hydrogens is 307 g/mol. The molecule has 1 aromatic heterocycles. The van der Waals surface area contributed by atoms with Crippen molar-refractivity contribution in [2.75, 3.05) is 6.54 Å². The van der Waals surface area contributed by atoms with Crippen LogP contribution >= 0.6 is 0 Å². The molecule has 0 aliphatic heterocycles. The van der Waals surface area contributed by atoms with E-state index in [2.05, 4.69) is 15.3 Å². The Hall–Kier alpha value is -2.63. The fourth-order valence-electron chi connectivity index (χ4n) is 2.44. The first-order chi connectivity index (χ1) is 11.7. The van der Waals surface area contributed by atoms with Crippen molar-refractivity contribution in [3.63, 3.8) is 0 Å². The number of halogens is 1. The number of nitrogens with two attached hydrogens (primary N) is 1. The quantitative estimate of drug-likeness (QED) is 0.631. The van der Waals surface area contributed by atoms with Crippen LogP contribution in [0.1, 0.15) is 24.8 Å². The Kier molecular flexibility index (Phi) is 5.25. The van der Waals surface area contributed by atoms with E-state index in [-0.39, 0.29) is 5.75 Å². The van der Waals surface area contributed by atoms with Crippen molar-refractivity contribution < 1.29 is 9.13 Å². The highest BCUT2D eigenvalue weighted by Crippen LogP contribution is 2.25. The molecule has 3 rings (SSSR count). The zero-order valence-electron chi connectivity index (χ0n) is 13.4. The lowest BCUT2D eigenvalue weighted by atomic mass is 9.85. The topological polar surface area (TPSA) is 72.5 Å². The summed E-state index contributed by atoms with van der Waals surface area (Å²) in [5, 5.41) is 3.12. The van der Waals surface area contributed by atoms with Crippen molar-refractivity contribution >= 4 is 5.96 Å². The van der Waals surface area contributed by atoms with Gasteiger partial charge in [0.15, 0.2) is 17.5 Å². The van der Waals surface area contributed by atoms with Crippen LogP contribution in [0.4, 0.5) is 4.39 Å². The molecule has 3 N–H and O–H groups in total. The number of pyridine rings is 1. The van der Waals surface area contributed by atoms with Gasteiger partial charge in [0.05, 0.1) is 12.7 Å². The van der Waals surface area contributed by atoms with Gasteiger partial charge in [-0.1, -0.05) is 12.5 Å². The van der Waals surface area contributed by atoms with Crippen LogP contribution in [0.25, 0.3) is 0 Å². The summed E-state index contributed by atoms with van der Waals surface area (Å²) in [4.78, 5) is 8.18. The van der Waals surface area contributed by atoms with Gasteiger partial charge in [0.2, 0.25) is 0 Å². The van der Waals surface area contributed by atoms with E-state index in [0.717, 1.165) is 12.1 Å². The maximum absolute atomic E-state index is 14.1. The Labute approximate surface area is 140 Å². The van der Waals surface area contributed by atoms with Gasteiger partial charge in [-0.25, -0.2) is 9.38 Å². The largest absolute Gasteiger partial charge is 0.453 e. The Morgan fingerprint density at radius 2 is 2.25 bits per heavy atom. The lowest BCUT2D eigenvalue weighted by molar-refractivity contribution is 0.315. The highest BCUT2D eigenvalue weighted by Gasteiger charge is 2.16. The van der Waals surface area contributed by atoms with Crippen molar-refractivity contribution in [3.8, 4) is 11.5 Å². The highest BCUT2D eigenvalue weighted by atomic mass is 19.1. The zero-order chi connectivity index (χ0) is 16.8. The molecule has 1 fully saturated rings. The molecule has 0 atom stereocenters. The van der Waals surface area contributed by atoms with E-state index in [1.54, 1.807) is 30.5 Å². The molecule has 1 saturated carbocycles. The Morgan fingerprint density at radius 3 is 2.92 bits per heavy atom. The van der Waals surface area contributed by atoms with Gasteiger partial charge in [-0.3, -0.25) is 4.98 Å². The summed E-state index contributed by atoms with van der Waals surface area (Å²) in [6.45, 7) is 1.19. The van der Waals surface area contributed by atoms with Gasteiger partial charge in [0, 0.05) is 12.7 Å². The fourth-order valence-corrected chi connectivity index (χ4v) is 2.44. The van der Waals surface area contributed by atoms with Gasteiger partial charge in [-0.05, 0) is 48.6 Å². The first kappa shape index (κ1) is 16.2. The molecule has 6 heteroatoms. The van der Waals surface area contributed by atoms with Gasteiger partial charge < -0.3 is 15.8 Å². The normalized spacial score (nSPS) is 15.0. The summed E-state index contributed by atoms with van der Waals surface area (Å²) >= 11 is 0. The SMILES string of the molecule is NC(=NCc1ccc(Oc2cccnc2)c(F)c1)NCC1CCC1. The first-order valence-corrected chi connectivity index (χ1v) is 8.11. The smallest absolute Gasteiger partial charge is 0.188 e. The van der Waals surface area contributed by atoms with Crippen LogP contribution in [-0.2, 0) is 6.54 Å². The van der Waals surface area contributed by atoms with E-state index in [0.29, 0.717) is 24.2 Å². The predicted octanol–water partition coefficient (Wildman–Crippen LogP) is 3.22. The molecule has 1 aliphatic rings. The van der Waals surface area contributed by atoms with Crippen molar-refractivity contribution in [2.45, 2.75) is 25.8 Å². The van der Waals surface area contributed by atoms with Crippen LogP contribution in [0, 0.1) is 11.7 Å². The van der Waals surface area contributed by atoms with Crippen molar-refractivity contribution in [3.05, 3.63) is 54.1 Å². The maximum Gasteiger partial charge on any atom is 0.188 e. The van der Waals surface area contributed by atoms with Crippen LogP contribution in [0.15, 0.2) is 47.7 Å². The molecule has 0 radical (unpaired) electrons. The summed E-state index contributed by atoms with van der Waals surface area (Å²) in [6, 6.07) is 8.23. The average molecular weight is 328 g/mol. The molecular formula is C18H21FN4O. The average Bonchev–Trinajstić information content (AvgIpc) is 2.55. The third-order valence-corrected chi connectivity index (χ3v) is 4.09. The number of guanidine groups is 1. The Balaban J connectivity index is 1.55. The first-order valence-electron chi connectivity index (χ1n) is 8.11. The van der Waals surface area contributed by atoms with E-state index < -0.39 is 5.82 Å². The summed E-state index contributed by atoms with van der Waals surface area (Å²) in [5.41, 5.74) is 6.57. The molecule has 0 amide bonds. The summed E-state index contributed by atoms with van der Waals surface area (Å²) in [7, 11) is 0. The Bertz CT molecular complexity index is 701. The van der Waals surface area contributed by atoms with Crippen LogP contribution < -0.4 is 15.8 Å². The second-order valence-electron chi connectivity index (χ2n) is 5.93. The molecule has 5 nitrogen and oxygen atoms in total. The number of hydrogen-bond donors (Lipinski definition) is 2. The van der Waals surface area contributed by atoms with Gasteiger partial charge in [-0.15, -0.1) is 0 Å². The van der Waals surface area contributed by atoms with Crippen LogP contribution in [0.2, 0.25) is 0 Å². The van der Waals surface area contributed by atoms with Crippen molar-refractivity contribution in [1.29, 1.82) is 0 Å². The second kappa shape index (κ2) is 7.77. The van der Waals surface area contributed by atoms with Gasteiger partial charge in [-0.2, -0.15) is 0 Å². The molecule has 0 saturated heterocycles. The third kappa shape index (κ3) is 4.44. The maximum atomic E-state index is 14.1. The monoisotopic (exact) mass is 328 g/mol. The highest BCUT2D eigenvalue weighted by molar-refractivity contribution is 5.77. The zero-order valence-corrected chi connectivity index (χ0v) is 13.4. The van der Waals surface area contributed by atoms with Gasteiger partial charge in [0.1, 0.15) is 5.75 Å². The molecule has 0 unspecified atom stereocenters. The number of aliphatic imine (C=N–C) groups is 1. The molecule has 1 heterocycles. The van der Waals surface area contributed by atoms with Gasteiger partial charge in [0.25, 0.3) is 0 Å². The predicted molar refractivity (Wildman–Crippen MR) is 91.4 cm³/mol. The minimum absolute atomic E-state index is 0.159. The lowest BCUT2D eigenvalue weighted by Crippen LogP contribution is -2.37. The molecule has 0 spiro atoms. The number of nitrogens with one attached hydrogen (secondary N) is 1. The number of nitrogens with zero attached hydrogens (tertiary/aromatic N) is 2. The minimum Gasteiger partial charge on any atom is -0.453 e. The third-order valence-electron chi connectivity index (χ3n) is 4.09. The number of benzene rings is 1. The van der Waals surface area contributed by atoms with Crippen LogP contribution in [-0.4, -0.2) is 17.5 Å². The van der Waals surface area contributed by atoms with E-state index in [4.69, 9.17) is 10.5 Å². The fraction of sp³-hybridized carbons (Fsp3) is 0.333. The molecule has 126 valence electrons. The van der Waals surface area contributed by atoms with E-state index >= 15 is 0 Å². The summed E-state index contributed by atoms with van der Waals surface area (Å²) in [6.07, 6.45) is 6.98. The lowest BCUT2D eigenvalue weighted by Gasteiger charge is -2.25. The molecule has 0 bridgehead atoms. The standard InChI is InChI=1S/C18H21FN4O/c19-16-9-14(11-23-18(20)22-10-13-3-1-4-13)6-7-17(16)24-15-5-2-8-21-12-15/h2,5-9,12-13H,1,3-4,10-11H2,(H3,20,22,23). The molecule has 1 aliphatic carbocycles. The Morgan fingerprint density at radius 1 is 1.38 bits per heavy atom. The van der Waals surface area contributed by atoms with E-state index in [1.807, 2.05) is 0 Å². The molecule has 2 aromatic rings. The molecule has 24 heavy (non-hydrogen) atoms. The van der Waals surface area contributed by atoms with E-state index in [1.165, 1.54) is 31.5 Å². The number of ether oxygens (including phenoxy) is 1. The van der Waals surface area contributed by atoms with E-state index in [9.17, 15) is 4.39 Å². The van der Waals surface area contributed by atoms with Gasteiger partial charge >= 0.3 is 0 Å². The molecule has 1 aromatic carbocycles.